The average molecular weight is 377 g/mol. The highest BCUT2D eigenvalue weighted by Gasteiger charge is 2.24. The third-order valence-corrected chi connectivity index (χ3v) is 6.49. The molecule has 0 radical (unpaired) electrons. The van der Waals surface area contributed by atoms with E-state index in [0.29, 0.717) is 22.9 Å². The van der Waals surface area contributed by atoms with Crippen molar-refractivity contribution in [3.05, 3.63) is 27.7 Å². The molecule has 1 aromatic rings. The van der Waals surface area contributed by atoms with Gasteiger partial charge >= 0.3 is 0 Å². The Labute approximate surface area is 136 Å². The molecule has 0 aliphatic heterocycles. The van der Waals surface area contributed by atoms with Gasteiger partial charge in [-0.3, -0.25) is 0 Å². The summed E-state index contributed by atoms with van der Waals surface area (Å²) in [4.78, 5) is 0.301. The Morgan fingerprint density at radius 1 is 1.29 bits per heavy atom. The van der Waals surface area contributed by atoms with E-state index in [1.165, 1.54) is 0 Å². The van der Waals surface area contributed by atoms with E-state index in [-0.39, 0.29) is 6.04 Å². The van der Waals surface area contributed by atoms with Crippen molar-refractivity contribution in [3.8, 4) is 0 Å². The molecule has 0 amide bonds. The Balaban J connectivity index is 3.16. The van der Waals surface area contributed by atoms with Gasteiger partial charge in [-0.25, -0.2) is 13.1 Å². The van der Waals surface area contributed by atoms with Gasteiger partial charge in [0.25, 0.3) is 0 Å². The molecule has 1 rings (SSSR count). The number of nitrogens with two attached hydrogens (primary N) is 1. The van der Waals surface area contributed by atoms with Crippen molar-refractivity contribution in [1.82, 2.24) is 4.72 Å². The summed E-state index contributed by atoms with van der Waals surface area (Å²) in [5.41, 5.74) is 7.14. The van der Waals surface area contributed by atoms with Crippen LogP contribution in [0.2, 0.25) is 0 Å². The van der Waals surface area contributed by atoms with E-state index in [0.717, 1.165) is 22.9 Å². The molecule has 1 atom stereocenters. The molecular formula is C15H25BrN2O2S. The van der Waals surface area contributed by atoms with Crippen LogP contribution in [0.5, 0.6) is 0 Å². The molecule has 0 aliphatic carbocycles. The largest absolute Gasteiger partial charge is 0.326 e. The zero-order valence-electron chi connectivity index (χ0n) is 13.1. The molecule has 0 saturated carbocycles. The predicted molar refractivity (Wildman–Crippen MR) is 90.6 cm³/mol. The van der Waals surface area contributed by atoms with Crippen molar-refractivity contribution >= 4 is 26.0 Å². The Morgan fingerprint density at radius 3 is 2.33 bits per heavy atom. The van der Waals surface area contributed by atoms with E-state index in [1.54, 1.807) is 13.0 Å². The minimum absolute atomic E-state index is 0.0929. The molecule has 0 aromatic heterocycles. The Kier molecular flexibility index (Phi) is 6.84. The maximum atomic E-state index is 12.6. The van der Waals surface area contributed by atoms with Gasteiger partial charge in [-0.15, -0.1) is 0 Å². The summed E-state index contributed by atoms with van der Waals surface area (Å²) < 4.78 is 28.9. The van der Waals surface area contributed by atoms with Crippen LogP contribution < -0.4 is 10.5 Å². The Bertz CT molecular complexity index is 584. The number of hydrogen-bond acceptors (Lipinski definition) is 3. The van der Waals surface area contributed by atoms with E-state index in [1.807, 2.05) is 13.0 Å². The van der Waals surface area contributed by atoms with Crippen LogP contribution in [0.15, 0.2) is 21.5 Å². The van der Waals surface area contributed by atoms with Crippen LogP contribution in [0.4, 0.5) is 0 Å². The van der Waals surface area contributed by atoms with Crippen molar-refractivity contribution in [2.24, 2.45) is 11.7 Å². The second kappa shape index (κ2) is 7.72. The van der Waals surface area contributed by atoms with Gasteiger partial charge in [0.05, 0.1) is 4.90 Å². The van der Waals surface area contributed by atoms with Gasteiger partial charge in [-0.1, -0.05) is 42.6 Å². The monoisotopic (exact) mass is 376 g/mol. The highest BCUT2D eigenvalue weighted by atomic mass is 79.9. The fourth-order valence-electron chi connectivity index (χ4n) is 2.50. The Morgan fingerprint density at radius 2 is 1.86 bits per heavy atom. The van der Waals surface area contributed by atoms with E-state index < -0.39 is 10.0 Å². The topological polar surface area (TPSA) is 72.2 Å². The number of rotatable bonds is 7. The molecule has 1 aromatic carbocycles. The van der Waals surface area contributed by atoms with Gasteiger partial charge < -0.3 is 5.73 Å². The molecule has 1 unspecified atom stereocenters. The second-order valence-corrected chi connectivity index (χ2v) is 7.93. The molecule has 6 heteroatoms. The fourth-order valence-corrected chi connectivity index (χ4v) is 4.77. The first-order valence-electron chi connectivity index (χ1n) is 7.28. The van der Waals surface area contributed by atoms with Gasteiger partial charge in [0.2, 0.25) is 10.0 Å². The van der Waals surface area contributed by atoms with Gasteiger partial charge in [0.15, 0.2) is 0 Å². The zero-order chi connectivity index (χ0) is 16.2. The van der Waals surface area contributed by atoms with Crippen molar-refractivity contribution in [3.63, 3.8) is 0 Å². The lowest BCUT2D eigenvalue weighted by molar-refractivity contribution is 0.390. The molecule has 4 nitrogen and oxygen atoms in total. The summed E-state index contributed by atoms with van der Waals surface area (Å²) in [7, 11) is -3.55. The van der Waals surface area contributed by atoms with Crippen LogP contribution in [-0.4, -0.2) is 14.5 Å². The summed E-state index contributed by atoms with van der Waals surface area (Å²) in [5, 5.41) is 0. The quantitative estimate of drug-likeness (QED) is 0.766. The van der Waals surface area contributed by atoms with Crippen molar-refractivity contribution in [1.29, 1.82) is 0 Å². The molecule has 120 valence electrons. The van der Waals surface area contributed by atoms with E-state index >= 15 is 0 Å². The van der Waals surface area contributed by atoms with Crippen LogP contribution >= 0.6 is 15.9 Å². The maximum Gasteiger partial charge on any atom is 0.241 e. The second-order valence-electron chi connectivity index (χ2n) is 5.39. The average Bonchev–Trinajstić information content (AvgIpc) is 2.42. The molecule has 0 heterocycles. The van der Waals surface area contributed by atoms with E-state index in [4.69, 9.17) is 5.73 Å². The summed E-state index contributed by atoms with van der Waals surface area (Å²) in [6, 6.07) is 3.42. The third-order valence-electron chi connectivity index (χ3n) is 3.98. The highest BCUT2D eigenvalue weighted by molar-refractivity contribution is 9.10. The first-order chi connectivity index (χ1) is 9.76. The molecule has 0 aliphatic rings. The van der Waals surface area contributed by atoms with Crippen LogP contribution in [0.3, 0.4) is 0 Å². The van der Waals surface area contributed by atoms with Crippen LogP contribution in [-0.2, 0) is 16.6 Å². The lowest BCUT2D eigenvalue weighted by Crippen LogP contribution is -2.38. The molecule has 0 saturated heterocycles. The molecule has 3 N–H and O–H groups in total. The predicted octanol–water partition coefficient (Wildman–Crippen LogP) is 3.32. The molecule has 0 fully saturated rings. The van der Waals surface area contributed by atoms with Crippen LogP contribution in [0.25, 0.3) is 0 Å². The number of benzene rings is 1. The number of sulfonamides is 1. The minimum Gasteiger partial charge on any atom is -0.326 e. The smallest absolute Gasteiger partial charge is 0.241 e. The van der Waals surface area contributed by atoms with Gasteiger partial charge in [0.1, 0.15) is 0 Å². The number of hydrogen-bond donors (Lipinski definition) is 2. The van der Waals surface area contributed by atoms with Crippen LogP contribution in [0.1, 0.15) is 44.7 Å². The zero-order valence-corrected chi connectivity index (χ0v) is 15.5. The Hall–Kier alpha value is -0.430. The van der Waals surface area contributed by atoms with Gasteiger partial charge in [-0.2, -0.15) is 0 Å². The summed E-state index contributed by atoms with van der Waals surface area (Å²) >= 11 is 3.40. The minimum atomic E-state index is -3.55. The normalized spacial score (nSPS) is 13.7. The molecule has 0 spiro atoms. The molecule has 21 heavy (non-hydrogen) atoms. The first-order valence-corrected chi connectivity index (χ1v) is 9.55. The highest BCUT2D eigenvalue weighted by Crippen LogP contribution is 2.26. The fraction of sp³-hybridized carbons (Fsp3) is 0.600. The van der Waals surface area contributed by atoms with E-state index in [9.17, 15) is 8.42 Å². The number of halogens is 1. The van der Waals surface area contributed by atoms with Gasteiger partial charge in [-0.05, 0) is 43.0 Å². The first kappa shape index (κ1) is 18.6. The third kappa shape index (κ3) is 4.52. The lowest BCUT2D eigenvalue weighted by atomic mass is 9.96. The SMILES string of the molecule is CCC(CC)C(C)NS(=O)(=O)c1cc(CN)cc(Br)c1C. The van der Waals surface area contributed by atoms with Crippen molar-refractivity contribution < 1.29 is 8.42 Å². The molecule has 0 bridgehead atoms. The summed E-state index contributed by atoms with van der Waals surface area (Å²) in [6.07, 6.45) is 1.90. The summed E-state index contributed by atoms with van der Waals surface area (Å²) in [6.45, 7) is 8.18. The molecular weight excluding hydrogens is 352 g/mol. The standard InChI is InChI=1S/C15H25BrN2O2S/c1-5-13(6-2)11(4)18-21(19,20)15-8-12(9-17)7-14(16)10(15)3/h7-8,11,13,18H,5-6,9,17H2,1-4H3. The van der Waals surface area contributed by atoms with Crippen LogP contribution in [0, 0.1) is 12.8 Å². The van der Waals surface area contributed by atoms with E-state index in [2.05, 4.69) is 34.5 Å². The van der Waals surface area contributed by atoms with Crippen molar-refractivity contribution in [2.45, 2.75) is 58.0 Å². The number of nitrogens with one attached hydrogen (secondary N) is 1. The summed E-state index contributed by atoms with van der Waals surface area (Å²) in [5.74, 6) is 0.334. The lowest BCUT2D eigenvalue weighted by Gasteiger charge is -2.23. The van der Waals surface area contributed by atoms with Gasteiger partial charge in [0, 0.05) is 17.1 Å². The van der Waals surface area contributed by atoms with Crippen molar-refractivity contribution in [2.75, 3.05) is 0 Å². The maximum absolute atomic E-state index is 12.6.